The Morgan fingerprint density at radius 2 is 2.35 bits per heavy atom. The number of rotatable bonds is 3. The highest BCUT2D eigenvalue weighted by Crippen LogP contribution is 2.21. The highest BCUT2D eigenvalue weighted by molar-refractivity contribution is 5.88. The molecule has 0 unspecified atom stereocenters. The molecule has 0 atom stereocenters. The third-order valence-electron chi connectivity index (χ3n) is 2.03. The molecule has 0 saturated carbocycles. The van der Waals surface area contributed by atoms with E-state index >= 15 is 0 Å². The molecule has 1 aromatic carbocycles. The second-order valence-corrected chi connectivity index (χ2v) is 3.15. The summed E-state index contributed by atoms with van der Waals surface area (Å²) in [5, 5.41) is 10.5. The molecule has 7 heteroatoms. The zero-order chi connectivity index (χ0) is 12.4. The van der Waals surface area contributed by atoms with Gasteiger partial charge in [-0.15, -0.1) is 0 Å². The first kappa shape index (κ1) is 11.1. The van der Waals surface area contributed by atoms with E-state index in [0.717, 1.165) is 0 Å². The van der Waals surface area contributed by atoms with Gasteiger partial charge in [0.15, 0.2) is 5.58 Å². The van der Waals surface area contributed by atoms with Gasteiger partial charge in [0.1, 0.15) is 5.52 Å². The van der Waals surface area contributed by atoms with Crippen molar-refractivity contribution in [2.45, 2.75) is 6.92 Å². The minimum atomic E-state index is -0.689. The number of carbonyl (C=O) groups excluding carboxylic acids is 1. The molecular formula is C10H8N2O5. The molecule has 0 N–H and O–H groups in total. The maximum atomic E-state index is 11.3. The van der Waals surface area contributed by atoms with Crippen LogP contribution < -0.4 is 0 Å². The van der Waals surface area contributed by atoms with Crippen LogP contribution in [0.4, 0.5) is 5.69 Å². The Morgan fingerprint density at radius 3 is 3.00 bits per heavy atom. The van der Waals surface area contributed by atoms with E-state index in [1.165, 1.54) is 18.2 Å². The minimum absolute atomic E-state index is 0.110. The van der Waals surface area contributed by atoms with Crippen LogP contribution in [0.3, 0.4) is 0 Å². The Bertz CT molecular complexity index is 589. The van der Waals surface area contributed by atoms with Crippen LogP contribution in [-0.2, 0) is 4.74 Å². The number of aromatic nitrogens is 1. The summed E-state index contributed by atoms with van der Waals surface area (Å²) in [5.74, 6) is -0.895. The van der Waals surface area contributed by atoms with Gasteiger partial charge in [0.25, 0.3) is 5.69 Å². The molecule has 0 bridgehead atoms. The van der Waals surface area contributed by atoms with Crippen LogP contribution in [-0.4, -0.2) is 22.5 Å². The molecule has 0 aliphatic heterocycles. The zero-order valence-electron chi connectivity index (χ0n) is 8.87. The molecule has 1 heterocycles. The fourth-order valence-corrected chi connectivity index (χ4v) is 1.31. The van der Waals surface area contributed by atoms with Gasteiger partial charge < -0.3 is 9.15 Å². The minimum Gasteiger partial charge on any atom is -0.459 e. The first-order chi connectivity index (χ1) is 8.11. The van der Waals surface area contributed by atoms with Crippen molar-refractivity contribution in [3.05, 3.63) is 34.2 Å². The number of nitro groups is 1. The highest BCUT2D eigenvalue weighted by Gasteiger charge is 2.17. The summed E-state index contributed by atoms with van der Waals surface area (Å²) in [6, 6.07) is 3.91. The van der Waals surface area contributed by atoms with E-state index in [9.17, 15) is 14.9 Å². The molecule has 88 valence electrons. The van der Waals surface area contributed by atoms with Gasteiger partial charge in [0, 0.05) is 12.1 Å². The van der Waals surface area contributed by atoms with E-state index < -0.39 is 10.9 Å². The summed E-state index contributed by atoms with van der Waals surface area (Å²) >= 11 is 0. The van der Waals surface area contributed by atoms with Crippen molar-refractivity contribution in [1.29, 1.82) is 0 Å². The van der Waals surface area contributed by atoms with Crippen LogP contribution in [0, 0.1) is 10.1 Å². The molecule has 0 aliphatic carbocycles. The van der Waals surface area contributed by atoms with Crippen LogP contribution >= 0.6 is 0 Å². The van der Waals surface area contributed by atoms with Gasteiger partial charge in [-0.3, -0.25) is 10.1 Å². The number of non-ortho nitro benzene ring substituents is 1. The third-order valence-corrected chi connectivity index (χ3v) is 2.03. The van der Waals surface area contributed by atoms with Gasteiger partial charge in [-0.05, 0) is 13.0 Å². The first-order valence-corrected chi connectivity index (χ1v) is 4.84. The fourth-order valence-electron chi connectivity index (χ4n) is 1.31. The van der Waals surface area contributed by atoms with Crippen LogP contribution in [0.15, 0.2) is 22.6 Å². The monoisotopic (exact) mass is 236 g/mol. The number of fused-ring (bicyclic) bond motifs is 1. The number of nitro benzene ring substituents is 1. The van der Waals surface area contributed by atoms with E-state index in [1.807, 2.05) is 0 Å². The van der Waals surface area contributed by atoms with Crippen LogP contribution in [0.2, 0.25) is 0 Å². The van der Waals surface area contributed by atoms with Crippen molar-refractivity contribution in [1.82, 2.24) is 4.98 Å². The summed E-state index contributed by atoms with van der Waals surface area (Å²) in [6.07, 6.45) is 0. The second-order valence-electron chi connectivity index (χ2n) is 3.15. The van der Waals surface area contributed by atoms with Gasteiger partial charge in [-0.25, -0.2) is 9.78 Å². The molecule has 7 nitrogen and oxygen atoms in total. The second kappa shape index (κ2) is 4.20. The summed E-state index contributed by atoms with van der Waals surface area (Å²) in [5.41, 5.74) is 0.446. The lowest BCUT2D eigenvalue weighted by Gasteiger charge is -1.94. The van der Waals surface area contributed by atoms with Gasteiger partial charge in [-0.1, -0.05) is 0 Å². The van der Waals surface area contributed by atoms with Crippen LogP contribution in [0.25, 0.3) is 11.1 Å². The van der Waals surface area contributed by atoms with Gasteiger partial charge in [-0.2, -0.15) is 0 Å². The molecule has 0 amide bonds. The lowest BCUT2D eigenvalue weighted by molar-refractivity contribution is -0.384. The molecule has 0 saturated heterocycles. The number of oxazole rings is 1. The maximum absolute atomic E-state index is 11.3. The SMILES string of the molecule is CCOC(=O)c1nc2cc([N+](=O)[O-])ccc2o1. The number of ether oxygens (including phenoxy) is 1. The predicted molar refractivity (Wildman–Crippen MR) is 56.6 cm³/mol. The lowest BCUT2D eigenvalue weighted by atomic mass is 10.3. The lowest BCUT2D eigenvalue weighted by Crippen LogP contribution is -2.04. The van der Waals surface area contributed by atoms with E-state index in [4.69, 9.17) is 9.15 Å². The summed E-state index contributed by atoms with van der Waals surface area (Å²) < 4.78 is 9.81. The Hall–Kier alpha value is -2.44. The number of carbonyl (C=O) groups is 1. The molecule has 0 radical (unpaired) electrons. The summed E-state index contributed by atoms with van der Waals surface area (Å²) in [6.45, 7) is 1.86. The zero-order valence-corrected chi connectivity index (χ0v) is 8.87. The predicted octanol–water partition coefficient (Wildman–Crippen LogP) is 1.91. The Balaban J connectivity index is 2.43. The first-order valence-electron chi connectivity index (χ1n) is 4.84. The molecule has 0 aliphatic rings. The third kappa shape index (κ3) is 2.07. The van der Waals surface area contributed by atoms with Crippen LogP contribution in [0.1, 0.15) is 17.6 Å². The fraction of sp³-hybridized carbons (Fsp3) is 0.200. The van der Waals surface area contributed by atoms with Crippen molar-refractivity contribution in [3.63, 3.8) is 0 Å². The number of hydrogen-bond donors (Lipinski definition) is 0. The van der Waals surface area contributed by atoms with E-state index in [1.54, 1.807) is 6.92 Å². The van der Waals surface area contributed by atoms with Crippen molar-refractivity contribution in [2.75, 3.05) is 6.61 Å². The molecule has 17 heavy (non-hydrogen) atoms. The quantitative estimate of drug-likeness (QED) is 0.458. The number of esters is 1. The summed E-state index contributed by atoms with van der Waals surface area (Å²) in [4.78, 5) is 25.1. The molecule has 2 rings (SSSR count). The number of hydrogen-bond acceptors (Lipinski definition) is 6. The molecule has 0 fully saturated rings. The van der Waals surface area contributed by atoms with Crippen LogP contribution in [0.5, 0.6) is 0 Å². The van der Waals surface area contributed by atoms with Crippen molar-refractivity contribution in [3.8, 4) is 0 Å². The average Bonchev–Trinajstić information content (AvgIpc) is 2.71. The van der Waals surface area contributed by atoms with Gasteiger partial charge >= 0.3 is 11.9 Å². The van der Waals surface area contributed by atoms with Gasteiger partial charge in [0.05, 0.1) is 11.5 Å². The Morgan fingerprint density at radius 1 is 1.59 bits per heavy atom. The normalized spacial score (nSPS) is 10.4. The number of nitrogens with zero attached hydrogens (tertiary/aromatic N) is 2. The molecular weight excluding hydrogens is 228 g/mol. The van der Waals surface area contributed by atoms with E-state index in [-0.39, 0.29) is 23.7 Å². The molecule has 0 spiro atoms. The topological polar surface area (TPSA) is 95.5 Å². The van der Waals surface area contributed by atoms with Crippen molar-refractivity contribution < 1.29 is 18.9 Å². The molecule has 1 aromatic heterocycles. The highest BCUT2D eigenvalue weighted by atomic mass is 16.6. The number of benzene rings is 1. The van der Waals surface area contributed by atoms with Crippen molar-refractivity contribution in [2.24, 2.45) is 0 Å². The Kier molecular flexibility index (Phi) is 2.73. The van der Waals surface area contributed by atoms with E-state index in [0.29, 0.717) is 5.58 Å². The smallest absolute Gasteiger partial charge is 0.394 e. The van der Waals surface area contributed by atoms with Crippen molar-refractivity contribution >= 4 is 22.8 Å². The van der Waals surface area contributed by atoms with Gasteiger partial charge in [0.2, 0.25) is 0 Å². The maximum Gasteiger partial charge on any atom is 0.394 e. The standard InChI is InChI=1S/C10H8N2O5/c1-2-16-10(13)9-11-7-5-6(12(14)15)3-4-8(7)17-9/h3-5H,2H2,1H3. The molecule has 2 aromatic rings. The van der Waals surface area contributed by atoms with E-state index in [2.05, 4.69) is 4.98 Å². The summed E-state index contributed by atoms with van der Waals surface area (Å²) in [7, 11) is 0. The largest absolute Gasteiger partial charge is 0.459 e. The Labute approximate surface area is 95.1 Å². The average molecular weight is 236 g/mol.